The van der Waals surface area contributed by atoms with Crippen molar-refractivity contribution in [2.75, 3.05) is 6.54 Å². The summed E-state index contributed by atoms with van der Waals surface area (Å²) in [5, 5.41) is 4.66. The Morgan fingerprint density at radius 1 is 1.30 bits per heavy atom. The van der Waals surface area contributed by atoms with Crippen molar-refractivity contribution in [1.29, 1.82) is 0 Å². The molecule has 0 aliphatic heterocycles. The fourth-order valence-corrected chi connectivity index (χ4v) is 3.88. The molecule has 1 aliphatic carbocycles. The van der Waals surface area contributed by atoms with Crippen LogP contribution in [0.15, 0.2) is 24.3 Å². The third-order valence-corrected chi connectivity index (χ3v) is 4.88. The minimum Gasteiger partial charge on any atom is -0.304 e. The molecule has 2 nitrogen and oxygen atoms in total. The van der Waals surface area contributed by atoms with E-state index in [0.717, 1.165) is 36.4 Å². The van der Waals surface area contributed by atoms with Crippen molar-refractivity contribution in [3.63, 3.8) is 0 Å². The number of rotatable bonds is 5. The number of benzene rings is 1. The van der Waals surface area contributed by atoms with E-state index in [9.17, 15) is 4.39 Å². The minimum atomic E-state index is -0.190. The van der Waals surface area contributed by atoms with Gasteiger partial charge in [0.05, 0.1) is 11.7 Å². The van der Waals surface area contributed by atoms with Gasteiger partial charge in [0.1, 0.15) is 10.8 Å². The number of nitrogens with one attached hydrogen (secondary N) is 1. The maximum atomic E-state index is 13.1. The molecule has 2 aromatic rings. The molecule has 1 heterocycles. The smallest absolute Gasteiger partial charge is 0.123 e. The molecule has 106 valence electrons. The van der Waals surface area contributed by atoms with Crippen LogP contribution >= 0.6 is 11.3 Å². The Bertz CT molecular complexity index is 555. The molecule has 0 saturated heterocycles. The van der Waals surface area contributed by atoms with Gasteiger partial charge in [0, 0.05) is 4.88 Å². The Morgan fingerprint density at radius 2 is 2.10 bits per heavy atom. The number of nitrogens with zero attached hydrogens (tertiary/aromatic N) is 1. The zero-order valence-corrected chi connectivity index (χ0v) is 12.5. The second-order valence-electron chi connectivity index (χ2n) is 5.21. The lowest BCUT2D eigenvalue weighted by Gasteiger charge is -2.16. The first-order valence-corrected chi connectivity index (χ1v) is 8.07. The molecule has 1 N–H and O–H groups in total. The summed E-state index contributed by atoms with van der Waals surface area (Å²) in [6.45, 7) is 3.09. The highest BCUT2D eigenvalue weighted by Crippen LogP contribution is 2.33. The lowest BCUT2D eigenvalue weighted by Crippen LogP contribution is -2.23. The summed E-state index contributed by atoms with van der Waals surface area (Å²) in [4.78, 5) is 6.24. The summed E-state index contributed by atoms with van der Waals surface area (Å²) in [5.74, 6) is -0.190. The van der Waals surface area contributed by atoms with Crippen molar-refractivity contribution in [2.45, 2.75) is 38.6 Å². The Kier molecular flexibility index (Phi) is 4.13. The van der Waals surface area contributed by atoms with Crippen molar-refractivity contribution >= 4 is 11.3 Å². The first kappa shape index (κ1) is 13.7. The van der Waals surface area contributed by atoms with Crippen LogP contribution in [0, 0.1) is 5.82 Å². The van der Waals surface area contributed by atoms with Gasteiger partial charge in [-0.25, -0.2) is 9.37 Å². The van der Waals surface area contributed by atoms with Crippen LogP contribution in [0.5, 0.6) is 0 Å². The molecular formula is C16H19FN2S. The van der Waals surface area contributed by atoms with E-state index in [1.807, 2.05) is 23.5 Å². The van der Waals surface area contributed by atoms with Gasteiger partial charge in [-0.3, -0.25) is 0 Å². The first-order valence-electron chi connectivity index (χ1n) is 7.25. The fourth-order valence-electron chi connectivity index (χ4n) is 2.63. The molecular weight excluding hydrogens is 271 g/mol. The van der Waals surface area contributed by atoms with Gasteiger partial charge in [0.25, 0.3) is 0 Å². The third-order valence-electron chi connectivity index (χ3n) is 3.66. The molecule has 0 saturated carbocycles. The van der Waals surface area contributed by atoms with Crippen molar-refractivity contribution in [1.82, 2.24) is 10.3 Å². The molecule has 1 atom stereocenters. The zero-order chi connectivity index (χ0) is 13.9. The molecule has 0 bridgehead atoms. The summed E-state index contributed by atoms with van der Waals surface area (Å²) in [6.07, 6.45) is 4.58. The highest BCUT2D eigenvalue weighted by atomic mass is 32.1. The predicted molar refractivity (Wildman–Crippen MR) is 80.7 cm³/mol. The number of halogens is 1. The normalized spacial score (nSPS) is 15.3. The second kappa shape index (κ2) is 6.02. The fraction of sp³-hybridized carbons (Fsp3) is 0.438. The molecule has 1 aliphatic rings. The standard InChI is InChI=1S/C16H19FN2S/c1-2-10-18-15(11-6-8-12(17)9-7-11)16-19-13-4-3-5-14(13)20-16/h6-9,15,18H,2-5,10H2,1H3. The molecule has 1 unspecified atom stereocenters. The summed E-state index contributed by atoms with van der Waals surface area (Å²) in [5.41, 5.74) is 2.36. The monoisotopic (exact) mass is 290 g/mol. The lowest BCUT2D eigenvalue weighted by molar-refractivity contribution is 0.589. The molecule has 20 heavy (non-hydrogen) atoms. The van der Waals surface area contributed by atoms with Gasteiger partial charge in [-0.1, -0.05) is 19.1 Å². The number of aromatic nitrogens is 1. The quantitative estimate of drug-likeness (QED) is 0.904. The first-order chi connectivity index (χ1) is 9.78. The van der Waals surface area contributed by atoms with E-state index in [1.165, 1.54) is 29.1 Å². The highest BCUT2D eigenvalue weighted by Gasteiger charge is 2.22. The van der Waals surface area contributed by atoms with Gasteiger partial charge in [-0.15, -0.1) is 11.3 Å². The molecule has 0 fully saturated rings. The molecule has 0 spiro atoms. The summed E-state index contributed by atoms with van der Waals surface area (Å²) in [7, 11) is 0. The van der Waals surface area contributed by atoms with Crippen LogP contribution in [-0.4, -0.2) is 11.5 Å². The van der Waals surface area contributed by atoms with Gasteiger partial charge in [0.15, 0.2) is 0 Å². The zero-order valence-electron chi connectivity index (χ0n) is 11.7. The average molecular weight is 290 g/mol. The molecule has 0 amide bonds. The second-order valence-corrected chi connectivity index (χ2v) is 6.33. The predicted octanol–water partition coefficient (Wildman–Crippen LogP) is 3.86. The number of fused-ring (bicyclic) bond motifs is 1. The molecule has 1 aromatic heterocycles. The Labute approximate surface area is 123 Å². The highest BCUT2D eigenvalue weighted by molar-refractivity contribution is 7.11. The van der Waals surface area contributed by atoms with E-state index >= 15 is 0 Å². The van der Waals surface area contributed by atoms with Gasteiger partial charge in [-0.2, -0.15) is 0 Å². The summed E-state index contributed by atoms with van der Waals surface area (Å²) >= 11 is 1.81. The molecule has 1 aromatic carbocycles. The van der Waals surface area contributed by atoms with Crippen LogP contribution in [0.3, 0.4) is 0 Å². The van der Waals surface area contributed by atoms with Gasteiger partial charge in [0.2, 0.25) is 0 Å². The van der Waals surface area contributed by atoms with E-state index in [-0.39, 0.29) is 11.9 Å². The number of aryl methyl sites for hydroxylation is 2. The average Bonchev–Trinajstić information content (AvgIpc) is 3.02. The number of hydrogen-bond acceptors (Lipinski definition) is 3. The molecule has 0 radical (unpaired) electrons. The maximum absolute atomic E-state index is 13.1. The van der Waals surface area contributed by atoms with Gasteiger partial charge in [-0.05, 0) is 49.9 Å². The van der Waals surface area contributed by atoms with Crippen molar-refractivity contribution < 1.29 is 4.39 Å². The molecule has 4 heteroatoms. The topological polar surface area (TPSA) is 24.9 Å². The van der Waals surface area contributed by atoms with Crippen LogP contribution in [-0.2, 0) is 12.8 Å². The molecule has 3 rings (SSSR count). The number of thiazole rings is 1. The Hall–Kier alpha value is -1.26. The summed E-state index contributed by atoms with van der Waals surface area (Å²) in [6, 6.07) is 6.85. The Morgan fingerprint density at radius 3 is 2.80 bits per heavy atom. The van der Waals surface area contributed by atoms with Crippen LogP contribution in [0.2, 0.25) is 0 Å². The number of hydrogen-bond donors (Lipinski definition) is 1. The van der Waals surface area contributed by atoms with Gasteiger partial charge < -0.3 is 5.32 Å². The van der Waals surface area contributed by atoms with Crippen LogP contribution in [0.1, 0.15) is 46.9 Å². The lowest BCUT2D eigenvalue weighted by atomic mass is 10.1. The van der Waals surface area contributed by atoms with E-state index in [4.69, 9.17) is 4.98 Å². The van der Waals surface area contributed by atoms with Gasteiger partial charge >= 0.3 is 0 Å². The van der Waals surface area contributed by atoms with Crippen LogP contribution < -0.4 is 5.32 Å². The van der Waals surface area contributed by atoms with Crippen LogP contribution in [0.4, 0.5) is 4.39 Å². The van der Waals surface area contributed by atoms with E-state index < -0.39 is 0 Å². The van der Waals surface area contributed by atoms with E-state index in [2.05, 4.69) is 12.2 Å². The minimum absolute atomic E-state index is 0.0890. The van der Waals surface area contributed by atoms with E-state index in [1.54, 1.807) is 0 Å². The van der Waals surface area contributed by atoms with Crippen molar-refractivity contribution in [3.8, 4) is 0 Å². The Balaban J connectivity index is 1.90. The van der Waals surface area contributed by atoms with E-state index in [0.29, 0.717) is 0 Å². The third kappa shape index (κ3) is 2.76. The van der Waals surface area contributed by atoms with Crippen molar-refractivity contribution in [3.05, 3.63) is 51.2 Å². The maximum Gasteiger partial charge on any atom is 0.123 e. The van der Waals surface area contributed by atoms with Crippen LogP contribution in [0.25, 0.3) is 0 Å². The largest absolute Gasteiger partial charge is 0.304 e. The SMILES string of the molecule is CCCNC(c1ccc(F)cc1)c1nc2c(s1)CCC2. The van der Waals surface area contributed by atoms with Crippen molar-refractivity contribution in [2.24, 2.45) is 0 Å². The summed E-state index contributed by atoms with van der Waals surface area (Å²) < 4.78 is 13.1.